The molecule has 0 fully saturated rings. The number of nitrogens with one attached hydrogen (secondary N) is 1. The van der Waals surface area contributed by atoms with Gasteiger partial charge in [-0.25, -0.2) is 16.8 Å². The topological polar surface area (TPSA) is 169 Å². The number of sulfonamides is 2. The number of rotatable bonds is 8. The summed E-state index contributed by atoms with van der Waals surface area (Å²) < 4.78 is 71.8. The number of ether oxygens (including phenoxy) is 2. The molecule has 1 aromatic carbocycles. The molecular formula is C28H44N4O9S2. The van der Waals surface area contributed by atoms with E-state index < -0.39 is 38.1 Å². The first-order chi connectivity index (χ1) is 20.0. The lowest BCUT2D eigenvalue weighted by molar-refractivity contribution is -0.00835. The van der Waals surface area contributed by atoms with Crippen molar-refractivity contribution in [2.24, 2.45) is 5.92 Å². The number of benzene rings is 1. The van der Waals surface area contributed by atoms with Gasteiger partial charge in [0.15, 0.2) is 5.76 Å². The van der Waals surface area contributed by atoms with Gasteiger partial charge in [-0.05, 0) is 65.2 Å². The molecule has 0 bridgehead atoms. The molecule has 13 nitrogen and oxygen atoms in total. The van der Waals surface area contributed by atoms with Gasteiger partial charge in [-0.3, -0.25) is 9.52 Å². The van der Waals surface area contributed by atoms with E-state index in [4.69, 9.17) is 14.0 Å². The predicted molar refractivity (Wildman–Crippen MR) is 161 cm³/mol. The monoisotopic (exact) mass is 644 g/mol. The molecule has 43 heavy (non-hydrogen) atoms. The number of aromatic nitrogens is 1. The predicted octanol–water partition coefficient (Wildman–Crippen LogP) is 2.78. The van der Waals surface area contributed by atoms with Crippen LogP contribution in [0.15, 0.2) is 27.6 Å². The summed E-state index contributed by atoms with van der Waals surface area (Å²) in [6.07, 6.45) is 2.29. The fourth-order valence-corrected chi connectivity index (χ4v) is 7.03. The largest absolute Gasteiger partial charge is 0.490 e. The third kappa shape index (κ3) is 8.91. The van der Waals surface area contributed by atoms with Crippen LogP contribution in [-0.2, 0) is 24.8 Å². The van der Waals surface area contributed by atoms with E-state index in [0.29, 0.717) is 25.2 Å². The van der Waals surface area contributed by atoms with Gasteiger partial charge >= 0.3 is 0 Å². The van der Waals surface area contributed by atoms with Crippen LogP contribution in [0.1, 0.15) is 61.8 Å². The number of carbonyl (C=O) groups is 1. The number of aliphatic hydroxyl groups excluding tert-OH is 1. The highest BCUT2D eigenvalue weighted by molar-refractivity contribution is 7.92. The van der Waals surface area contributed by atoms with Crippen LogP contribution in [0.5, 0.6) is 5.75 Å². The number of fused-ring (bicyclic) bond motifs is 1. The van der Waals surface area contributed by atoms with Crippen LogP contribution in [-0.4, -0.2) is 100 Å². The first kappa shape index (κ1) is 34.8. The van der Waals surface area contributed by atoms with E-state index in [2.05, 4.69) is 9.88 Å². The molecule has 1 aliphatic rings. The molecule has 2 N–H and O–H groups in total. The van der Waals surface area contributed by atoms with Gasteiger partial charge < -0.3 is 24.0 Å². The first-order valence-corrected chi connectivity index (χ1v) is 17.6. The Bertz CT molecular complexity index is 1460. The second kappa shape index (κ2) is 14.4. The highest BCUT2D eigenvalue weighted by atomic mass is 32.2. The molecule has 0 unspecified atom stereocenters. The summed E-state index contributed by atoms with van der Waals surface area (Å²) in [7, 11) is -6.10. The summed E-state index contributed by atoms with van der Waals surface area (Å²) in [6.45, 7) is 8.71. The maximum Gasteiger partial charge on any atom is 0.258 e. The maximum atomic E-state index is 14.1. The fourth-order valence-electron chi connectivity index (χ4n) is 5.01. The molecule has 0 aliphatic carbocycles. The third-order valence-electron chi connectivity index (χ3n) is 7.43. The van der Waals surface area contributed by atoms with E-state index in [-0.39, 0.29) is 59.3 Å². The van der Waals surface area contributed by atoms with Gasteiger partial charge in [0, 0.05) is 38.3 Å². The van der Waals surface area contributed by atoms with Crippen LogP contribution >= 0.6 is 0 Å². The zero-order valence-electron chi connectivity index (χ0n) is 25.9. The van der Waals surface area contributed by atoms with Gasteiger partial charge in [-0.15, -0.1) is 0 Å². The molecule has 1 aliphatic heterocycles. The van der Waals surface area contributed by atoms with Gasteiger partial charge in [-0.2, -0.15) is 4.31 Å². The number of hydrogen-bond donors (Lipinski definition) is 2. The average molecular weight is 645 g/mol. The zero-order valence-corrected chi connectivity index (χ0v) is 27.5. The molecule has 0 radical (unpaired) electrons. The lowest BCUT2D eigenvalue weighted by Gasteiger charge is -2.35. The molecule has 1 aromatic heterocycles. The summed E-state index contributed by atoms with van der Waals surface area (Å²) in [6, 6.07) is 3.90. The normalized spacial score (nSPS) is 22.0. The number of hydrogen-bond acceptors (Lipinski definition) is 10. The Labute approximate surface area is 254 Å². The lowest BCUT2D eigenvalue weighted by Crippen LogP contribution is -2.48. The molecule has 2 aromatic rings. The van der Waals surface area contributed by atoms with Crippen LogP contribution in [0.3, 0.4) is 0 Å². The van der Waals surface area contributed by atoms with Crippen LogP contribution < -0.4 is 9.46 Å². The standard InChI is InChI=1S/C28H44N4O9S2/c1-18-15-32(19(2)17-33)28(34)24-14-23(30-42(7,35)36)11-12-25(24)40-20(3)10-8-9-13-39-26(18)16-31(6)43(37,38)27-21(4)29-41-22(27)5/h11-12,14,18-20,26,30,33H,8-10,13,15-17H2,1-7H3/t18-,19+,20-,26-/m1/s1. The Morgan fingerprint density at radius 3 is 2.49 bits per heavy atom. The Kier molecular flexibility index (Phi) is 11.6. The Hall–Kier alpha value is -2.72. The molecule has 242 valence electrons. The van der Waals surface area contributed by atoms with Crippen molar-refractivity contribution in [2.75, 3.05) is 44.3 Å². The second-order valence-corrected chi connectivity index (χ2v) is 15.1. The van der Waals surface area contributed by atoms with Crippen molar-refractivity contribution in [3.63, 3.8) is 0 Å². The van der Waals surface area contributed by atoms with E-state index >= 15 is 0 Å². The van der Waals surface area contributed by atoms with E-state index in [9.17, 15) is 26.7 Å². The minimum atomic E-state index is -3.95. The van der Waals surface area contributed by atoms with Gasteiger partial charge in [0.25, 0.3) is 5.91 Å². The van der Waals surface area contributed by atoms with Gasteiger partial charge in [0.1, 0.15) is 16.3 Å². The molecule has 15 heteroatoms. The number of aryl methyl sites for hydroxylation is 2. The molecule has 0 saturated carbocycles. The number of anilines is 1. The molecule has 2 heterocycles. The Morgan fingerprint density at radius 1 is 1.19 bits per heavy atom. The summed E-state index contributed by atoms with van der Waals surface area (Å²) in [5.74, 6) is -0.351. The van der Waals surface area contributed by atoms with Gasteiger partial charge in [0.05, 0.1) is 36.7 Å². The average Bonchev–Trinajstić information content (AvgIpc) is 3.27. The zero-order chi connectivity index (χ0) is 32.1. The summed E-state index contributed by atoms with van der Waals surface area (Å²) in [5, 5.41) is 13.9. The molecule has 4 atom stereocenters. The summed E-state index contributed by atoms with van der Waals surface area (Å²) >= 11 is 0. The minimum Gasteiger partial charge on any atom is -0.490 e. The van der Waals surface area contributed by atoms with Crippen molar-refractivity contribution in [3.8, 4) is 5.75 Å². The lowest BCUT2D eigenvalue weighted by atomic mass is 10.0. The van der Waals surface area contributed by atoms with Crippen molar-refractivity contribution in [1.29, 1.82) is 0 Å². The highest BCUT2D eigenvalue weighted by Gasteiger charge is 2.34. The number of carbonyl (C=O) groups excluding carboxylic acids is 1. The Morgan fingerprint density at radius 2 is 1.88 bits per heavy atom. The summed E-state index contributed by atoms with van der Waals surface area (Å²) in [5.41, 5.74) is 0.599. The maximum absolute atomic E-state index is 14.1. The third-order valence-corrected chi connectivity index (χ3v) is 10.1. The number of likely N-dealkylation sites (N-methyl/N-ethyl adjacent to an activating group) is 1. The van der Waals surface area contributed by atoms with Crippen molar-refractivity contribution >= 4 is 31.6 Å². The van der Waals surface area contributed by atoms with Crippen molar-refractivity contribution < 1.29 is 40.7 Å². The van der Waals surface area contributed by atoms with Crippen molar-refractivity contribution in [2.45, 2.75) is 77.0 Å². The van der Waals surface area contributed by atoms with Crippen molar-refractivity contribution in [1.82, 2.24) is 14.4 Å². The van der Waals surface area contributed by atoms with Gasteiger partial charge in [0.2, 0.25) is 20.0 Å². The molecule has 1 amide bonds. The highest BCUT2D eigenvalue weighted by Crippen LogP contribution is 2.29. The van der Waals surface area contributed by atoms with Crippen LogP contribution in [0.25, 0.3) is 0 Å². The quantitative estimate of drug-likeness (QED) is 0.436. The molecular weight excluding hydrogens is 600 g/mol. The van der Waals surface area contributed by atoms with E-state index in [1.807, 2.05) is 13.8 Å². The number of aliphatic hydroxyl groups is 1. The number of nitrogens with zero attached hydrogens (tertiary/aromatic N) is 3. The van der Waals surface area contributed by atoms with E-state index in [1.165, 1.54) is 28.4 Å². The van der Waals surface area contributed by atoms with Crippen LogP contribution in [0.2, 0.25) is 0 Å². The fraction of sp³-hybridized carbons (Fsp3) is 0.643. The smallest absolute Gasteiger partial charge is 0.258 e. The van der Waals surface area contributed by atoms with Crippen LogP contribution in [0.4, 0.5) is 5.69 Å². The van der Waals surface area contributed by atoms with Crippen LogP contribution in [0, 0.1) is 19.8 Å². The first-order valence-electron chi connectivity index (χ1n) is 14.3. The molecule has 0 spiro atoms. The Balaban J connectivity index is 2.00. The SMILES string of the molecule is Cc1noc(C)c1S(=O)(=O)N(C)C[C@H]1OCCCC[C@@H](C)Oc2ccc(NS(C)(=O)=O)cc2C(=O)N([C@@H](C)CO)C[C@H]1C. The minimum absolute atomic E-state index is 0.00161. The van der Waals surface area contributed by atoms with E-state index in [0.717, 1.165) is 12.7 Å². The number of amides is 1. The summed E-state index contributed by atoms with van der Waals surface area (Å²) in [4.78, 5) is 15.6. The van der Waals surface area contributed by atoms with E-state index in [1.54, 1.807) is 26.8 Å². The second-order valence-electron chi connectivity index (χ2n) is 11.3. The molecule has 3 rings (SSSR count). The van der Waals surface area contributed by atoms with Crippen molar-refractivity contribution in [3.05, 3.63) is 35.2 Å². The molecule has 0 saturated heterocycles. The van der Waals surface area contributed by atoms with Gasteiger partial charge in [-0.1, -0.05) is 12.1 Å².